The van der Waals surface area contributed by atoms with Crippen LogP contribution in [0.4, 0.5) is 10.2 Å². The Kier molecular flexibility index (Phi) is 2.86. The molecule has 0 aromatic carbocycles. The summed E-state index contributed by atoms with van der Waals surface area (Å²) in [6.45, 7) is 5.37. The van der Waals surface area contributed by atoms with Crippen molar-refractivity contribution in [1.29, 1.82) is 0 Å². The van der Waals surface area contributed by atoms with Crippen molar-refractivity contribution in [2.75, 3.05) is 5.73 Å². The number of nitrogens with zero attached hydrogens (tertiary/aromatic N) is 2. The fourth-order valence-corrected chi connectivity index (χ4v) is 2.64. The zero-order valence-corrected chi connectivity index (χ0v) is 11.4. The van der Waals surface area contributed by atoms with Gasteiger partial charge in [0.25, 0.3) is 0 Å². The van der Waals surface area contributed by atoms with Crippen LogP contribution in [-0.2, 0) is 14.2 Å². The molecule has 2 fully saturated rings. The highest BCUT2D eigenvalue weighted by Crippen LogP contribution is 2.42. The number of halogens is 1. The van der Waals surface area contributed by atoms with Gasteiger partial charge in [-0.2, -0.15) is 4.98 Å². The number of fused-ring (bicyclic) bond motifs is 1. The van der Waals surface area contributed by atoms with Crippen LogP contribution in [0, 0.1) is 5.82 Å². The van der Waals surface area contributed by atoms with E-state index in [1.807, 2.05) is 6.92 Å². The number of nitrogens with two attached hydrogens (primary N) is 1. The van der Waals surface area contributed by atoms with Crippen LogP contribution in [-0.4, -0.2) is 33.7 Å². The van der Waals surface area contributed by atoms with Crippen molar-refractivity contribution in [3.63, 3.8) is 0 Å². The Morgan fingerprint density at radius 2 is 2.05 bits per heavy atom. The van der Waals surface area contributed by atoms with E-state index in [0.29, 0.717) is 0 Å². The van der Waals surface area contributed by atoms with Crippen LogP contribution in [0.1, 0.15) is 27.0 Å². The molecule has 1 aromatic rings. The molecule has 0 saturated carbocycles. The van der Waals surface area contributed by atoms with Crippen LogP contribution >= 0.6 is 0 Å². The van der Waals surface area contributed by atoms with Gasteiger partial charge in [-0.3, -0.25) is 4.57 Å². The molecule has 2 aliphatic rings. The maximum absolute atomic E-state index is 13.5. The van der Waals surface area contributed by atoms with Crippen LogP contribution in [0.25, 0.3) is 0 Å². The highest BCUT2D eigenvalue weighted by Gasteiger charge is 2.54. The summed E-state index contributed by atoms with van der Waals surface area (Å²) >= 11 is 0. The molecule has 3 heterocycles. The first-order valence-electron chi connectivity index (χ1n) is 6.34. The maximum Gasteiger partial charge on any atom is 0.351 e. The number of nitrogen functional groups attached to an aromatic ring is 1. The second-order valence-electron chi connectivity index (χ2n) is 5.46. The Labute approximate surface area is 114 Å². The van der Waals surface area contributed by atoms with Gasteiger partial charge in [-0.25, -0.2) is 9.18 Å². The van der Waals surface area contributed by atoms with Crippen LogP contribution in [0.3, 0.4) is 0 Å². The fourth-order valence-electron chi connectivity index (χ4n) is 2.64. The van der Waals surface area contributed by atoms with Gasteiger partial charge in [0.2, 0.25) is 0 Å². The van der Waals surface area contributed by atoms with E-state index in [0.717, 1.165) is 10.8 Å². The first kappa shape index (κ1) is 13.5. The molecule has 3 rings (SSSR count). The Bertz CT molecular complexity index is 603. The van der Waals surface area contributed by atoms with Crippen molar-refractivity contribution >= 4 is 5.82 Å². The van der Waals surface area contributed by atoms with Gasteiger partial charge in [0.15, 0.2) is 23.7 Å². The molecule has 2 saturated heterocycles. The summed E-state index contributed by atoms with van der Waals surface area (Å²) in [4.78, 5) is 15.3. The van der Waals surface area contributed by atoms with Gasteiger partial charge in [-0.1, -0.05) is 0 Å². The lowest BCUT2D eigenvalue weighted by atomic mass is 10.1. The van der Waals surface area contributed by atoms with Gasteiger partial charge in [-0.05, 0) is 20.8 Å². The highest BCUT2D eigenvalue weighted by molar-refractivity contribution is 5.26. The van der Waals surface area contributed by atoms with Crippen molar-refractivity contribution in [3.05, 3.63) is 22.5 Å². The fraction of sp³-hybridized carbons (Fsp3) is 0.667. The summed E-state index contributed by atoms with van der Waals surface area (Å²) in [7, 11) is 0. The third kappa shape index (κ3) is 2.00. The molecule has 1 aromatic heterocycles. The quantitative estimate of drug-likeness (QED) is 0.803. The molecule has 0 bridgehead atoms. The second-order valence-corrected chi connectivity index (χ2v) is 5.46. The molecule has 8 heteroatoms. The van der Waals surface area contributed by atoms with E-state index in [2.05, 4.69) is 4.98 Å². The van der Waals surface area contributed by atoms with Crippen molar-refractivity contribution in [3.8, 4) is 0 Å². The molecule has 0 spiro atoms. The maximum atomic E-state index is 13.5. The lowest BCUT2D eigenvalue weighted by Gasteiger charge is -2.23. The number of rotatable bonds is 1. The lowest BCUT2D eigenvalue weighted by molar-refractivity contribution is -0.195. The van der Waals surface area contributed by atoms with Crippen molar-refractivity contribution < 1.29 is 18.6 Å². The number of anilines is 1. The Hall–Kier alpha value is -1.51. The molecule has 0 aliphatic carbocycles. The van der Waals surface area contributed by atoms with E-state index in [4.69, 9.17) is 19.9 Å². The second kappa shape index (κ2) is 4.24. The Morgan fingerprint density at radius 1 is 1.40 bits per heavy atom. The summed E-state index contributed by atoms with van der Waals surface area (Å²) in [5.74, 6) is -1.98. The van der Waals surface area contributed by atoms with E-state index in [1.54, 1.807) is 13.8 Å². The zero-order valence-electron chi connectivity index (χ0n) is 11.4. The molecule has 0 amide bonds. The van der Waals surface area contributed by atoms with Gasteiger partial charge in [0.05, 0.1) is 12.3 Å². The predicted octanol–water partition coefficient (Wildman–Crippen LogP) is 0.402. The SMILES string of the molecule is CC1OC(n2cc(F)c(N)nc2=O)[C@@H]2OC(C)(C)O[C@H]12. The number of hydrogen-bond acceptors (Lipinski definition) is 6. The lowest BCUT2D eigenvalue weighted by Crippen LogP contribution is -2.35. The summed E-state index contributed by atoms with van der Waals surface area (Å²) in [5.41, 5.74) is 4.58. The molecule has 110 valence electrons. The zero-order chi connectivity index (χ0) is 14.7. The summed E-state index contributed by atoms with van der Waals surface area (Å²) in [5, 5.41) is 0. The van der Waals surface area contributed by atoms with Crippen LogP contribution in [0.5, 0.6) is 0 Å². The topological polar surface area (TPSA) is 88.6 Å². The molecular formula is C12H16FN3O4. The minimum atomic E-state index is -0.785. The number of ether oxygens (including phenoxy) is 3. The molecule has 2 unspecified atom stereocenters. The third-order valence-electron chi connectivity index (χ3n) is 3.47. The van der Waals surface area contributed by atoms with E-state index >= 15 is 0 Å². The summed E-state index contributed by atoms with van der Waals surface area (Å²) < 4.78 is 31.7. The molecule has 2 N–H and O–H groups in total. The Balaban J connectivity index is 1.99. The smallest absolute Gasteiger partial charge is 0.351 e. The number of aromatic nitrogens is 2. The van der Waals surface area contributed by atoms with Gasteiger partial charge in [-0.15, -0.1) is 0 Å². The van der Waals surface area contributed by atoms with E-state index in [-0.39, 0.29) is 12.2 Å². The number of hydrogen-bond donors (Lipinski definition) is 1. The monoisotopic (exact) mass is 285 g/mol. The average Bonchev–Trinajstić information content (AvgIpc) is 2.80. The van der Waals surface area contributed by atoms with Gasteiger partial charge < -0.3 is 19.9 Å². The first-order chi connectivity index (χ1) is 9.28. The van der Waals surface area contributed by atoms with Crippen LogP contribution in [0.2, 0.25) is 0 Å². The van der Waals surface area contributed by atoms with Crippen molar-refractivity contribution in [1.82, 2.24) is 9.55 Å². The largest absolute Gasteiger partial charge is 0.381 e. The van der Waals surface area contributed by atoms with Gasteiger partial charge in [0, 0.05) is 0 Å². The third-order valence-corrected chi connectivity index (χ3v) is 3.47. The minimum Gasteiger partial charge on any atom is -0.381 e. The van der Waals surface area contributed by atoms with Crippen molar-refractivity contribution in [2.45, 2.75) is 51.1 Å². The van der Waals surface area contributed by atoms with Crippen LogP contribution < -0.4 is 11.4 Å². The standard InChI is InChI=1S/C12H16FN3O4/c1-5-7-8(20-12(2,3)19-7)10(18-5)16-4-6(13)9(14)15-11(16)17/h4-5,7-8,10H,1-3H3,(H2,14,15,17)/t5?,7-,8-,10?/m1/s1. The Morgan fingerprint density at radius 3 is 2.75 bits per heavy atom. The summed E-state index contributed by atoms with van der Waals surface area (Å²) in [6, 6.07) is 0. The van der Waals surface area contributed by atoms with E-state index in [1.165, 1.54) is 0 Å². The van der Waals surface area contributed by atoms with E-state index < -0.39 is 35.4 Å². The van der Waals surface area contributed by atoms with Gasteiger partial charge >= 0.3 is 5.69 Å². The van der Waals surface area contributed by atoms with E-state index in [9.17, 15) is 9.18 Å². The molecular weight excluding hydrogens is 269 g/mol. The molecule has 2 aliphatic heterocycles. The van der Waals surface area contributed by atoms with Gasteiger partial charge in [0.1, 0.15) is 12.2 Å². The van der Waals surface area contributed by atoms with Crippen molar-refractivity contribution in [2.24, 2.45) is 0 Å². The normalized spacial score (nSPS) is 35.2. The predicted molar refractivity (Wildman–Crippen MR) is 66.3 cm³/mol. The molecule has 7 nitrogen and oxygen atoms in total. The minimum absolute atomic E-state index is 0.278. The molecule has 4 atom stereocenters. The molecule has 20 heavy (non-hydrogen) atoms. The highest BCUT2D eigenvalue weighted by atomic mass is 19.1. The summed E-state index contributed by atoms with van der Waals surface area (Å²) in [6.07, 6.45) is -0.893. The molecule has 0 radical (unpaired) electrons. The average molecular weight is 285 g/mol. The van der Waals surface area contributed by atoms with Crippen LogP contribution in [0.15, 0.2) is 11.0 Å². The first-order valence-corrected chi connectivity index (χ1v) is 6.34.